The van der Waals surface area contributed by atoms with Gasteiger partial charge in [-0.15, -0.1) is 0 Å². The van der Waals surface area contributed by atoms with Crippen LogP contribution in [-0.4, -0.2) is 20.9 Å². The quantitative estimate of drug-likeness (QED) is 0.606. The van der Waals surface area contributed by atoms with Crippen molar-refractivity contribution in [2.75, 3.05) is 11.9 Å². The van der Waals surface area contributed by atoms with Gasteiger partial charge in [-0.3, -0.25) is 4.79 Å². The lowest BCUT2D eigenvalue weighted by Gasteiger charge is -2.10. The predicted octanol–water partition coefficient (Wildman–Crippen LogP) is 3.08. The summed E-state index contributed by atoms with van der Waals surface area (Å²) in [4.78, 5) is 12.1. The topological polar surface area (TPSA) is 97.6 Å². The van der Waals surface area contributed by atoms with Crippen LogP contribution in [0.3, 0.4) is 0 Å². The van der Waals surface area contributed by atoms with Gasteiger partial charge in [0.25, 0.3) is 5.91 Å². The third kappa shape index (κ3) is 5.45. The first kappa shape index (κ1) is 19.7. The number of sulfonamides is 1. The van der Waals surface area contributed by atoms with E-state index in [0.29, 0.717) is 17.2 Å². The molecule has 7 nitrogen and oxygen atoms in total. The number of furan rings is 1. The Hall–Kier alpha value is -3.10. The van der Waals surface area contributed by atoms with Crippen molar-refractivity contribution in [2.45, 2.75) is 18.4 Å². The van der Waals surface area contributed by atoms with Crippen LogP contribution in [0.2, 0.25) is 0 Å². The molecule has 0 aliphatic carbocycles. The van der Waals surface area contributed by atoms with E-state index in [1.807, 2.05) is 19.1 Å². The van der Waals surface area contributed by atoms with E-state index in [0.717, 1.165) is 5.56 Å². The number of ether oxygens (including phenoxy) is 1. The molecule has 0 saturated heterocycles. The molecule has 3 rings (SSSR count). The molecule has 146 valence electrons. The second-order valence-electron chi connectivity index (χ2n) is 6.08. The number of nitrogens with one attached hydrogen (secondary N) is 2. The van der Waals surface area contributed by atoms with Crippen molar-refractivity contribution in [3.05, 3.63) is 78.3 Å². The van der Waals surface area contributed by atoms with Gasteiger partial charge in [-0.2, -0.15) is 0 Å². The van der Waals surface area contributed by atoms with Gasteiger partial charge in [-0.05, 0) is 49.4 Å². The SMILES string of the molecule is Cc1ccc(OCC(=O)Nc2cccc(S(=O)(=O)NCc3ccco3)c2)cc1. The van der Waals surface area contributed by atoms with Gasteiger partial charge in [0.15, 0.2) is 6.61 Å². The number of hydrogen-bond acceptors (Lipinski definition) is 5. The molecule has 0 spiro atoms. The summed E-state index contributed by atoms with van der Waals surface area (Å²) in [5.41, 5.74) is 1.45. The van der Waals surface area contributed by atoms with Crippen molar-refractivity contribution in [2.24, 2.45) is 0 Å². The number of benzene rings is 2. The standard InChI is InChI=1S/C20H20N2O5S/c1-15-7-9-17(10-8-15)27-14-20(23)22-16-4-2-6-19(12-16)28(24,25)21-13-18-5-3-11-26-18/h2-12,21H,13-14H2,1H3,(H,22,23). The summed E-state index contributed by atoms with van der Waals surface area (Å²) < 4.78 is 37.8. The van der Waals surface area contributed by atoms with E-state index in [2.05, 4.69) is 10.0 Å². The average molecular weight is 400 g/mol. The summed E-state index contributed by atoms with van der Waals surface area (Å²) in [6, 6.07) is 16.7. The van der Waals surface area contributed by atoms with Gasteiger partial charge in [-0.1, -0.05) is 23.8 Å². The first-order valence-corrected chi connectivity index (χ1v) is 10.0. The smallest absolute Gasteiger partial charge is 0.262 e. The minimum absolute atomic E-state index is 0.0380. The Morgan fingerprint density at radius 1 is 1.07 bits per heavy atom. The van der Waals surface area contributed by atoms with Crippen LogP contribution in [0.25, 0.3) is 0 Å². The maximum absolute atomic E-state index is 12.4. The zero-order chi connectivity index (χ0) is 20.0. The van der Waals surface area contributed by atoms with E-state index in [9.17, 15) is 13.2 Å². The highest BCUT2D eigenvalue weighted by Gasteiger charge is 2.15. The Bertz CT molecular complexity index is 1030. The van der Waals surface area contributed by atoms with Gasteiger partial charge in [0.1, 0.15) is 11.5 Å². The zero-order valence-electron chi connectivity index (χ0n) is 15.2. The summed E-state index contributed by atoms with van der Waals surface area (Å²) in [5, 5.41) is 2.63. The largest absolute Gasteiger partial charge is 0.484 e. The molecule has 1 amide bonds. The van der Waals surface area contributed by atoms with E-state index in [1.54, 1.807) is 36.4 Å². The number of amides is 1. The highest BCUT2D eigenvalue weighted by molar-refractivity contribution is 7.89. The van der Waals surface area contributed by atoms with Crippen molar-refractivity contribution in [3.8, 4) is 5.75 Å². The Labute approximate surface area is 163 Å². The van der Waals surface area contributed by atoms with Crippen molar-refractivity contribution < 1.29 is 22.4 Å². The fourth-order valence-electron chi connectivity index (χ4n) is 2.38. The molecule has 3 aromatic rings. The molecule has 0 radical (unpaired) electrons. The summed E-state index contributed by atoms with van der Waals surface area (Å²) in [6.07, 6.45) is 1.47. The van der Waals surface area contributed by atoms with Crippen LogP contribution >= 0.6 is 0 Å². The first-order chi connectivity index (χ1) is 13.4. The number of anilines is 1. The van der Waals surface area contributed by atoms with Gasteiger partial charge in [-0.25, -0.2) is 13.1 Å². The molecule has 0 unspecified atom stereocenters. The van der Waals surface area contributed by atoms with E-state index < -0.39 is 15.9 Å². The van der Waals surface area contributed by atoms with Crippen molar-refractivity contribution >= 4 is 21.6 Å². The summed E-state index contributed by atoms with van der Waals surface area (Å²) in [5.74, 6) is 0.694. The monoisotopic (exact) mass is 400 g/mol. The highest BCUT2D eigenvalue weighted by atomic mass is 32.2. The van der Waals surface area contributed by atoms with Gasteiger partial charge in [0.05, 0.1) is 17.7 Å². The molecule has 0 fully saturated rings. The van der Waals surface area contributed by atoms with E-state index >= 15 is 0 Å². The van der Waals surface area contributed by atoms with Gasteiger partial charge >= 0.3 is 0 Å². The first-order valence-electron chi connectivity index (χ1n) is 8.54. The highest BCUT2D eigenvalue weighted by Crippen LogP contribution is 2.16. The summed E-state index contributed by atoms with van der Waals surface area (Å²) in [6.45, 7) is 1.81. The van der Waals surface area contributed by atoms with Crippen LogP contribution in [0.15, 0.2) is 76.2 Å². The van der Waals surface area contributed by atoms with Crippen LogP contribution < -0.4 is 14.8 Å². The molecule has 2 N–H and O–H groups in total. The lowest BCUT2D eigenvalue weighted by molar-refractivity contribution is -0.118. The van der Waals surface area contributed by atoms with Crippen molar-refractivity contribution in [1.82, 2.24) is 4.72 Å². The summed E-state index contributed by atoms with van der Waals surface area (Å²) >= 11 is 0. The lowest BCUT2D eigenvalue weighted by atomic mass is 10.2. The fourth-order valence-corrected chi connectivity index (χ4v) is 3.42. The van der Waals surface area contributed by atoms with E-state index in [4.69, 9.17) is 9.15 Å². The minimum atomic E-state index is -3.75. The van der Waals surface area contributed by atoms with Crippen LogP contribution in [0.5, 0.6) is 5.75 Å². The molecule has 0 aliphatic rings. The molecule has 28 heavy (non-hydrogen) atoms. The Balaban J connectivity index is 1.58. The van der Waals surface area contributed by atoms with E-state index in [1.165, 1.54) is 18.4 Å². The van der Waals surface area contributed by atoms with Crippen LogP contribution in [-0.2, 0) is 21.4 Å². The van der Waals surface area contributed by atoms with E-state index in [-0.39, 0.29) is 18.0 Å². The average Bonchev–Trinajstić information content (AvgIpc) is 3.20. The Kier molecular flexibility index (Phi) is 6.13. The maximum atomic E-state index is 12.4. The van der Waals surface area contributed by atoms with Gasteiger partial charge in [0, 0.05) is 5.69 Å². The molecule has 0 saturated carbocycles. The third-order valence-electron chi connectivity index (χ3n) is 3.84. The molecular weight excluding hydrogens is 380 g/mol. The Morgan fingerprint density at radius 2 is 1.86 bits per heavy atom. The van der Waals surface area contributed by atoms with Gasteiger partial charge < -0.3 is 14.5 Å². The molecule has 1 heterocycles. The second kappa shape index (κ2) is 8.73. The van der Waals surface area contributed by atoms with Gasteiger partial charge in [0.2, 0.25) is 10.0 Å². The molecular formula is C20H20N2O5S. The Morgan fingerprint density at radius 3 is 2.57 bits per heavy atom. The normalized spacial score (nSPS) is 11.2. The number of hydrogen-bond donors (Lipinski definition) is 2. The number of rotatable bonds is 8. The maximum Gasteiger partial charge on any atom is 0.262 e. The molecule has 2 aromatic carbocycles. The third-order valence-corrected chi connectivity index (χ3v) is 5.23. The fraction of sp³-hybridized carbons (Fsp3) is 0.150. The van der Waals surface area contributed by atoms with Crippen molar-refractivity contribution in [1.29, 1.82) is 0 Å². The summed E-state index contributed by atoms with van der Waals surface area (Å²) in [7, 11) is -3.75. The zero-order valence-corrected chi connectivity index (χ0v) is 16.0. The molecule has 8 heteroatoms. The molecule has 0 atom stereocenters. The molecule has 1 aromatic heterocycles. The predicted molar refractivity (Wildman–Crippen MR) is 104 cm³/mol. The molecule has 0 bridgehead atoms. The lowest BCUT2D eigenvalue weighted by Crippen LogP contribution is -2.24. The van der Waals surface area contributed by atoms with Crippen LogP contribution in [0, 0.1) is 6.92 Å². The minimum Gasteiger partial charge on any atom is -0.484 e. The number of aryl methyl sites for hydroxylation is 1. The van der Waals surface area contributed by atoms with Crippen LogP contribution in [0.4, 0.5) is 5.69 Å². The number of carbonyl (C=O) groups excluding carboxylic acids is 1. The van der Waals surface area contributed by atoms with Crippen molar-refractivity contribution in [3.63, 3.8) is 0 Å². The second-order valence-corrected chi connectivity index (χ2v) is 7.85. The number of carbonyl (C=O) groups is 1. The van der Waals surface area contributed by atoms with Crippen LogP contribution in [0.1, 0.15) is 11.3 Å². The molecule has 0 aliphatic heterocycles.